The van der Waals surface area contributed by atoms with Crippen molar-refractivity contribution in [1.82, 2.24) is 4.98 Å². The highest BCUT2D eigenvalue weighted by Crippen LogP contribution is 2.04. The molecular weight excluding hydrogens is 165 g/mol. The number of H-pyrrole nitrogens is 1. The molecule has 13 heavy (non-hydrogen) atoms. The van der Waals surface area contributed by atoms with E-state index in [0.717, 1.165) is 17.0 Å². The Balaban J connectivity index is 2.57. The largest absolute Gasteiger partial charge is 0.505 e. The molecule has 1 aliphatic carbocycles. The molecule has 0 radical (unpaired) electrons. The van der Waals surface area contributed by atoms with Crippen LogP contribution in [0.4, 0.5) is 0 Å². The summed E-state index contributed by atoms with van der Waals surface area (Å²) in [6.07, 6.45) is 5.23. The summed E-state index contributed by atoms with van der Waals surface area (Å²) in [5, 5.41) is 19.9. The molecule has 4 heteroatoms. The van der Waals surface area contributed by atoms with Crippen LogP contribution < -0.4 is 16.2 Å². The molecular formula is C9H12BNO2. The first-order chi connectivity index (χ1) is 6.16. The van der Waals surface area contributed by atoms with Crippen molar-refractivity contribution in [2.24, 2.45) is 5.92 Å². The van der Waals surface area contributed by atoms with E-state index < -0.39 is 7.12 Å². The summed E-state index contributed by atoms with van der Waals surface area (Å²) >= 11 is 0. The molecule has 1 aromatic rings. The minimum Gasteiger partial charge on any atom is -0.422 e. The normalized spacial score (nSPS) is 20.1. The van der Waals surface area contributed by atoms with Gasteiger partial charge >= 0.3 is 7.12 Å². The van der Waals surface area contributed by atoms with Crippen molar-refractivity contribution in [1.29, 1.82) is 0 Å². The van der Waals surface area contributed by atoms with Crippen LogP contribution in [0.5, 0.6) is 0 Å². The van der Waals surface area contributed by atoms with E-state index in [1.807, 2.05) is 0 Å². The second-order valence-corrected chi connectivity index (χ2v) is 3.55. The van der Waals surface area contributed by atoms with E-state index in [1.54, 1.807) is 6.07 Å². The quantitative estimate of drug-likeness (QED) is 0.447. The number of rotatable bonds is 1. The smallest absolute Gasteiger partial charge is 0.422 e. The van der Waals surface area contributed by atoms with Crippen molar-refractivity contribution < 1.29 is 10.0 Å². The van der Waals surface area contributed by atoms with Crippen LogP contribution in [-0.2, 0) is 0 Å². The molecule has 1 heterocycles. The Labute approximate surface area is 76.6 Å². The maximum absolute atomic E-state index is 8.94. The third-order valence-corrected chi connectivity index (χ3v) is 2.34. The molecule has 0 saturated carbocycles. The van der Waals surface area contributed by atoms with Crippen LogP contribution in [-0.4, -0.2) is 22.2 Å². The highest BCUT2D eigenvalue weighted by Gasteiger charge is 2.13. The first kappa shape index (κ1) is 8.60. The van der Waals surface area contributed by atoms with Crippen molar-refractivity contribution in [2.75, 3.05) is 0 Å². The van der Waals surface area contributed by atoms with Gasteiger partial charge in [0.2, 0.25) is 0 Å². The van der Waals surface area contributed by atoms with Gasteiger partial charge in [-0.1, -0.05) is 19.1 Å². The summed E-state index contributed by atoms with van der Waals surface area (Å²) in [5.74, 6) is 0.534. The van der Waals surface area contributed by atoms with Crippen LogP contribution in [0, 0.1) is 5.92 Å². The van der Waals surface area contributed by atoms with E-state index in [4.69, 9.17) is 10.0 Å². The van der Waals surface area contributed by atoms with Gasteiger partial charge in [-0.3, -0.25) is 0 Å². The molecule has 0 fully saturated rings. The van der Waals surface area contributed by atoms with Crippen molar-refractivity contribution in [3.63, 3.8) is 0 Å². The van der Waals surface area contributed by atoms with Gasteiger partial charge in [-0.05, 0) is 23.6 Å². The fourth-order valence-electron chi connectivity index (χ4n) is 1.63. The predicted molar refractivity (Wildman–Crippen MR) is 52.6 cm³/mol. The lowest BCUT2D eigenvalue weighted by Crippen LogP contribution is -2.32. The second kappa shape index (κ2) is 3.05. The van der Waals surface area contributed by atoms with Gasteiger partial charge in [0, 0.05) is 10.9 Å². The Bertz CT molecular complexity index is 421. The van der Waals surface area contributed by atoms with Gasteiger partial charge < -0.3 is 15.0 Å². The van der Waals surface area contributed by atoms with E-state index in [2.05, 4.69) is 24.1 Å². The first-order valence-electron chi connectivity index (χ1n) is 4.44. The average molecular weight is 177 g/mol. The number of aromatic nitrogens is 1. The van der Waals surface area contributed by atoms with E-state index >= 15 is 0 Å². The van der Waals surface area contributed by atoms with Crippen molar-refractivity contribution in [3.05, 3.63) is 16.6 Å². The van der Waals surface area contributed by atoms with E-state index in [-0.39, 0.29) is 0 Å². The fourth-order valence-corrected chi connectivity index (χ4v) is 1.63. The van der Waals surface area contributed by atoms with Crippen LogP contribution in [0.15, 0.2) is 6.07 Å². The zero-order valence-corrected chi connectivity index (χ0v) is 7.49. The molecule has 1 unspecified atom stereocenters. The van der Waals surface area contributed by atoms with Crippen LogP contribution in [0.3, 0.4) is 0 Å². The maximum Gasteiger partial charge on any atom is 0.505 e. The molecule has 2 rings (SSSR count). The zero-order chi connectivity index (χ0) is 9.42. The summed E-state index contributed by atoms with van der Waals surface area (Å²) < 4.78 is 0. The van der Waals surface area contributed by atoms with Gasteiger partial charge in [-0.2, -0.15) is 0 Å². The molecule has 3 N–H and O–H groups in total. The summed E-state index contributed by atoms with van der Waals surface area (Å²) in [6, 6.07) is 1.78. The summed E-state index contributed by atoms with van der Waals surface area (Å²) in [7, 11) is -1.40. The Hall–Kier alpha value is -0.995. The predicted octanol–water partition coefficient (Wildman–Crippen LogP) is -1.70. The number of hydrogen-bond acceptors (Lipinski definition) is 2. The van der Waals surface area contributed by atoms with Crippen LogP contribution in [0.25, 0.3) is 12.2 Å². The summed E-state index contributed by atoms with van der Waals surface area (Å²) in [6.45, 7) is 2.14. The van der Waals surface area contributed by atoms with E-state index in [1.165, 1.54) is 0 Å². The first-order valence-corrected chi connectivity index (χ1v) is 4.44. The Kier molecular flexibility index (Phi) is 2.02. The Morgan fingerprint density at radius 1 is 1.54 bits per heavy atom. The van der Waals surface area contributed by atoms with Crippen LogP contribution in [0.1, 0.15) is 13.3 Å². The molecule has 68 valence electrons. The van der Waals surface area contributed by atoms with Gasteiger partial charge in [0.1, 0.15) is 0 Å². The van der Waals surface area contributed by atoms with Gasteiger partial charge in [0.05, 0.1) is 0 Å². The molecule has 0 spiro atoms. The lowest BCUT2D eigenvalue weighted by Gasteiger charge is -2.03. The van der Waals surface area contributed by atoms with Gasteiger partial charge in [0.25, 0.3) is 0 Å². The molecule has 0 aliphatic heterocycles. The van der Waals surface area contributed by atoms with E-state index in [9.17, 15) is 0 Å². The molecule has 3 nitrogen and oxygen atoms in total. The third kappa shape index (κ3) is 1.55. The molecule has 1 atom stereocenters. The van der Waals surface area contributed by atoms with Gasteiger partial charge in [-0.15, -0.1) is 0 Å². The fraction of sp³-hybridized carbons (Fsp3) is 0.333. The zero-order valence-electron chi connectivity index (χ0n) is 7.49. The van der Waals surface area contributed by atoms with Crippen LogP contribution >= 0.6 is 0 Å². The number of fused-ring (bicyclic) bond motifs is 1. The highest BCUT2D eigenvalue weighted by atomic mass is 16.4. The van der Waals surface area contributed by atoms with Gasteiger partial charge in [0.15, 0.2) is 0 Å². The molecule has 0 aromatic carbocycles. The topological polar surface area (TPSA) is 56.2 Å². The minimum atomic E-state index is -1.40. The third-order valence-electron chi connectivity index (χ3n) is 2.34. The average Bonchev–Trinajstić information content (AvgIpc) is 2.46. The standard InChI is InChI=1S/C9H12BNO2/c1-6-2-3-8-7(4-6)5-9(11-8)10(12)13/h3-6,11-13H,2H2,1H3. The Morgan fingerprint density at radius 2 is 2.31 bits per heavy atom. The van der Waals surface area contributed by atoms with Crippen molar-refractivity contribution in [2.45, 2.75) is 13.3 Å². The molecule has 1 aromatic heterocycles. The Morgan fingerprint density at radius 3 is 3.00 bits per heavy atom. The maximum atomic E-state index is 8.94. The number of aromatic amines is 1. The molecule has 0 bridgehead atoms. The number of nitrogens with one attached hydrogen (secondary N) is 1. The molecule has 1 aliphatic rings. The second-order valence-electron chi connectivity index (χ2n) is 3.55. The van der Waals surface area contributed by atoms with E-state index in [0.29, 0.717) is 11.5 Å². The lowest BCUT2D eigenvalue weighted by atomic mass is 9.86. The minimum absolute atomic E-state index is 0.464. The van der Waals surface area contributed by atoms with Gasteiger partial charge in [-0.25, -0.2) is 0 Å². The molecule has 0 amide bonds. The van der Waals surface area contributed by atoms with Crippen molar-refractivity contribution in [3.8, 4) is 0 Å². The summed E-state index contributed by atoms with van der Waals surface area (Å²) in [4.78, 5) is 2.97. The SMILES string of the molecule is CC1C=c2cc(B(O)O)[nH]c2=CC1. The number of hydrogen-bond donors (Lipinski definition) is 3. The molecule has 0 saturated heterocycles. The van der Waals surface area contributed by atoms with Crippen LogP contribution in [0.2, 0.25) is 0 Å². The lowest BCUT2D eigenvalue weighted by molar-refractivity contribution is 0.424. The van der Waals surface area contributed by atoms with Crippen molar-refractivity contribution >= 4 is 24.9 Å². The monoisotopic (exact) mass is 177 g/mol. The highest BCUT2D eigenvalue weighted by molar-refractivity contribution is 6.57. The summed E-state index contributed by atoms with van der Waals surface area (Å²) in [5.41, 5.74) is 0.464.